The van der Waals surface area contributed by atoms with E-state index in [9.17, 15) is 13.6 Å². The third kappa shape index (κ3) is 5.62. The van der Waals surface area contributed by atoms with Crippen LogP contribution in [0.25, 0.3) is 22.7 Å². The number of piperidine rings is 1. The van der Waals surface area contributed by atoms with Crippen LogP contribution >= 0.6 is 0 Å². The Labute approximate surface area is 258 Å². The van der Waals surface area contributed by atoms with Crippen molar-refractivity contribution < 1.29 is 13.6 Å². The van der Waals surface area contributed by atoms with Gasteiger partial charge in [-0.3, -0.25) is 9.36 Å². The van der Waals surface area contributed by atoms with Crippen LogP contribution in [0.3, 0.4) is 0 Å². The number of halogens is 2. The minimum atomic E-state index is -1.17. The highest BCUT2D eigenvalue weighted by Gasteiger charge is 2.30. The van der Waals surface area contributed by atoms with Crippen molar-refractivity contribution in [3.8, 4) is 0 Å². The van der Waals surface area contributed by atoms with E-state index in [4.69, 9.17) is 4.98 Å². The number of hydrogen-bond acceptors (Lipinski definition) is 2. The van der Waals surface area contributed by atoms with Gasteiger partial charge in [0.05, 0.1) is 11.0 Å². The van der Waals surface area contributed by atoms with Gasteiger partial charge in [0.1, 0.15) is 12.0 Å². The molecule has 226 valence electrons. The Morgan fingerprint density at radius 2 is 1.75 bits per heavy atom. The fourth-order valence-electron chi connectivity index (χ4n) is 6.99. The molecule has 1 aromatic heterocycles. The zero-order chi connectivity index (χ0) is 30.4. The summed E-state index contributed by atoms with van der Waals surface area (Å²) in [6.07, 6.45) is 8.35. The first kappa shape index (κ1) is 28.7. The molecule has 7 rings (SSSR count). The number of nitrogens with zero attached hydrogens (tertiary/aromatic N) is 3. The lowest BCUT2D eigenvalue weighted by atomic mass is 9.91. The van der Waals surface area contributed by atoms with Crippen molar-refractivity contribution in [2.75, 3.05) is 13.1 Å². The largest absolute Gasteiger partial charge is 0.339 e. The van der Waals surface area contributed by atoms with E-state index in [1.807, 2.05) is 59.5 Å². The molecule has 0 radical (unpaired) electrons. The summed E-state index contributed by atoms with van der Waals surface area (Å²) < 4.78 is 30.7. The number of rotatable bonds is 7. The van der Waals surface area contributed by atoms with E-state index in [1.54, 1.807) is 18.4 Å². The molecule has 2 heterocycles. The molecule has 4 nitrogen and oxygen atoms in total. The number of amides is 1. The highest BCUT2D eigenvalue weighted by Crippen LogP contribution is 2.40. The third-order valence-corrected chi connectivity index (χ3v) is 9.55. The average Bonchev–Trinajstić information content (AvgIpc) is 3.80. The zero-order valence-electron chi connectivity index (χ0n) is 25.5. The van der Waals surface area contributed by atoms with Crippen LogP contribution in [-0.4, -0.2) is 33.4 Å². The second-order valence-electron chi connectivity index (χ2n) is 12.8. The topological polar surface area (TPSA) is 38.1 Å². The van der Waals surface area contributed by atoms with Gasteiger partial charge in [-0.1, -0.05) is 54.1 Å². The van der Waals surface area contributed by atoms with Crippen LogP contribution in [0.1, 0.15) is 109 Å². The molecule has 3 aromatic carbocycles. The van der Waals surface area contributed by atoms with E-state index in [0.29, 0.717) is 24.2 Å². The number of imidazole rings is 1. The van der Waals surface area contributed by atoms with Crippen molar-refractivity contribution >= 4 is 28.6 Å². The maximum Gasteiger partial charge on any atom is 0.253 e. The van der Waals surface area contributed by atoms with Crippen LogP contribution in [-0.2, 0) is 0 Å². The standard InChI is InChI=1S/C38H39F2N3O/c1-24(39)29-6-5-7-30(22-29)33-14-12-27(20-26-10-11-26)21-32-23-31(13-15-34(32)33)38(44)42-18-16-28(17-19-42)37-41-35-8-3-4-9-36(35)43(37)25(2)40/h3-9,13-15,21-26,28H,10-12,16-20H2,1-2H3. The molecule has 4 aromatic rings. The third-order valence-electron chi connectivity index (χ3n) is 9.55. The Hall–Kier alpha value is -4.06. The number of benzene rings is 3. The fourth-order valence-corrected chi connectivity index (χ4v) is 6.99. The summed E-state index contributed by atoms with van der Waals surface area (Å²) in [5.74, 6) is 1.66. The molecule has 1 saturated heterocycles. The van der Waals surface area contributed by atoms with Gasteiger partial charge in [-0.25, -0.2) is 13.8 Å². The Morgan fingerprint density at radius 1 is 0.955 bits per heavy atom. The van der Waals surface area contributed by atoms with Gasteiger partial charge in [-0.2, -0.15) is 0 Å². The molecular formula is C38H39F2N3O. The van der Waals surface area contributed by atoms with Gasteiger partial charge < -0.3 is 4.90 Å². The number of carbonyl (C=O) groups excluding carboxylic acids is 1. The quantitative estimate of drug-likeness (QED) is 0.215. The Balaban J connectivity index is 1.14. The predicted octanol–water partition coefficient (Wildman–Crippen LogP) is 9.59. The molecule has 2 atom stereocenters. The smallest absolute Gasteiger partial charge is 0.253 e. The number of carbonyl (C=O) groups is 1. The molecule has 3 aliphatic rings. The summed E-state index contributed by atoms with van der Waals surface area (Å²) in [6.45, 7) is 4.33. The molecule has 2 aliphatic carbocycles. The van der Waals surface area contributed by atoms with Crippen LogP contribution in [0.2, 0.25) is 0 Å². The average molecular weight is 592 g/mol. The zero-order valence-corrected chi connectivity index (χ0v) is 25.5. The molecule has 1 amide bonds. The lowest BCUT2D eigenvalue weighted by molar-refractivity contribution is 0.0708. The van der Waals surface area contributed by atoms with E-state index in [2.05, 4.69) is 24.3 Å². The first-order chi connectivity index (χ1) is 21.4. The summed E-state index contributed by atoms with van der Waals surface area (Å²) in [5.41, 5.74) is 8.59. The van der Waals surface area contributed by atoms with E-state index >= 15 is 0 Å². The molecular weight excluding hydrogens is 552 g/mol. The summed E-state index contributed by atoms with van der Waals surface area (Å²) >= 11 is 0. The highest BCUT2D eigenvalue weighted by molar-refractivity contribution is 5.97. The highest BCUT2D eigenvalue weighted by atomic mass is 19.1. The van der Waals surface area contributed by atoms with Crippen LogP contribution in [0.5, 0.6) is 0 Å². The predicted molar refractivity (Wildman–Crippen MR) is 173 cm³/mol. The second kappa shape index (κ2) is 11.8. The van der Waals surface area contributed by atoms with Crippen molar-refractivity contribution in [1.29, 1.82) is 0 Å². The number of likely N-dealkylation sites (tertiary alicyclic amines) is 1. The SMILES string of the molecule is CC(F)c1cccc(C2=CCC(CC3CC3)=Cc3cc(C(=O)N4CCC(c5nc6ccccc6n5C(C)F)CC4)ccc32)c1. The van der Waals surface area contributed by atoms with E-state index in [0.717, 1.165) is 70.7 Å². The van der Waals surface area contributed by atoms with Crippen LogP contribution in [0, 0.1) is 5.92 Å². The fraction of sp³-hybridized carbons (Fsp3) is 0.368. The number of allylic oxidation sites excluding steroid dienone is 2. The Morgan fingerprint density at radius 3 is 2.50 bits per heavy atom. The van der Waals surface area contributed by atoms with Gasteiger partial charge in [0.2, 0.25) is 0 Å². The van der Waals surface area contributed by atoms with E-state index < -0.39 is 12.5 Å². The molecule has 6 heteroatoms. The first-order valence-corrected chi connectivity index (χ1v) is 16.0. The summed E-state index contributed by atoms with van der Waals surface area (Å²) in [7, 11) is 0. The molecule has 1 saturated carbocycles. The maximum atomic E-state index is 14.7. The van der Waals surface area contributed by atoms with E-state index in [1.165, 1.54) is 18.4 Å². The molecule has 0 spiro atoms. The van der Waals surface area contributed by atoms with Gasteiger partial charge in [0.25, 0.3) is 5.91 Å². The second-order valence-corrected chi connectivity index (χ2v) is 12.8. The first-order valence-electron chi connectivity index (χ1n) is 16.0. The van der Waals surface area contributed by atoms with Gasteiger partial charge in [-0.15, -0.1) is 0 Å². The number of para-hydroxylation sites is 2. The number of hydrogen-bond donors (Lipinski definition) is 0. The number of fused-ring (bicyclic) bond motifs is 2. The monoisotopic (exact) mass is 591 g/mol. The minimum absolute atomic E-state index is 0.0267. The molecule has 1 aliphatic heterocycles. The van der Waals surface area contributed by atoms with Gasteiger partial charge in [0.15, 0.2) is 6.30 Å². The van der Waals surface area contributed by atoms with Crippen LogP contribution < -0.4 is 0 Å². The van der Waals surface area contributed by atoms with Crippen molar-refractivity contribution in [3.63, 3.8) is 0 Å². The number of alkyl halides is 2. The van der Waals surface area contributed by atoms with Crippen molar-refractivity contribution in [2.24, 2.45) is 5.92 Å². The van der Waals surface area contributed by atoms with Gasteiger partial charge in [0, 0.05) is 24.6 Å². The Kier molecular flexibility index (Phi) is 7.69. The molecule has 44 heavy (non-hydrogen) atoms. The van der Waals surface area contributed by atoms with Crippen LogP contribution in [0.4, 0.5) is 8.78 Å². The molecule has 0 bridgehead atoms. The van der Waals surface area contributed by atoms with E-state index in [-0.39, 0.29) is 11.8 Å². The van der Waals surface area contributed by atoms with Gasteiger partial charge >= 0.3 is 0 Å². The minimum Gasteiger partial charge on any atom is -0.339 e. The molecule has 2 unspecified atom stereocenters. The lowest BCUT2D eigenvalue weighted by Gasteiger charge is -2.32. The Bertz CT molecular complexity index is 1770. The normalized spacial score (nSPS) is 18.8. The number of aromatic nitrogens is 2. The van der Waals surface area contributed by atoms with Crippen molar-refractivity contribution in [3.05, 3.63) is 112 Å². The lowest BCUT2D eigenvalue weighted by Crippen LogP contribution is -2.38. The summed E-state index contributed by atoms with van der Waals surface area (Å²) in [5, 5.41) is 0. The van der Waals surface area contributed by atoms with Crippen molar-refractivity contribution in [2.45, 2.75) is 70.8 Å². The van der Waals surface area contributed by atoms with Crippen molar-refractivity contribution in [1.82, 2.24) is 14.5 Å². The van der Waals surface area contributed by atoms with Gasteiger partial charge in [-0.05, 0) is 116 Å². The summed E-state index contributed by atoms with van der Waals surface area (Å²) in [6, 6.07) is 21.5. The van der Waals surface area contributed by atoms with Crippen LogP contribution in [0.15, 0.2) is 78.4 Å². The molecule has 0 N–H and O–H groups in total. The molecule has 2 fully saturated rings. The maximum absolute atomic E-state index is 14.7. The summed E-state index contributed by atoms with van der Waals surface area (Å²) in [4.78, 5) is 20.6.